The number of aliphatic hydroxyl groups is 1. The van der Waals surface area contributed by atoms with Crippen molar-refractivity contribution in [3.63, 3.8) is 0 Å². The van der Waals surface area contributed by atoms with Gasteiger partial charge in [-0.15, -0.1) is 0 Å². The van der Waals surface area contributed by atoms with Crippen LogP contribution in [0.2, 0.25) is 0 Å². The van der Waals surface area contributed by atoms with Crippen LogP contribution in [0.4, 0.5) is 23.2 Å². The van der Waals surface area contributed by atoms with E-state index < -0.39 is 31.1 Å². The minimum Gasteiger partial charge on any atom is -0.497 e. The number of fused-ring (bicyclic) bond motifs is 1. The molecule has 13 heteroatoms. The van der Waals surface area contributed by atoms with Gasteiger partial charge < -0.3 is 19.1 Å². The highest BCUT2D eigenvalue weighted by Crippen LogP contribution is 2.32. The average Bonchev–Trinajstić information content (AvgIpc) is 3.26. The van der Waals surface area contributed by atoms with Crippen LogP contribution in [0.3, 0.4) is 0 Å². The Morgan fingerprint density at radius 2 is 1.92 bits per heavy atom. The number of pyridine rings is 1. The molecule has 3 aromatic heterocycles. The van der Waals surface area contributed by atoms with Gasteiger partial charge in [0.2, 0.25) is 0 Å². The largest absolute Gasteiger partial charge is 0.497 e. The number of benzene rings is 1. The van der Waals surface area contributed by atoms with Crippen molar-refractivity contribution in [1.29, 1.82) is 0 Å². The number of aromatic nitrogens is 5. The molecule has 0 saturated carbocycles. The van der Waals surface area contributed by atoms with Crippen LogP contribution in [-0.4, -0.2) is 55.9 Å². The van der Waals surface area contributed by atoms with Gasteiger partial charge >= 0.3 is 6.18 Å². The smallest absolute Gasteiger partial charge is 0.391 e. The highest BCUT2D eigenvalue weighted by molar-refractivity contribution is 5.73. The lowest BCUT2D eigenvalue weighted by Crippen LogP contribution is -2.31. The Labute approximate surface area is 202 Å². The van der Waals surface area contributed by atoms with Gasteiger partial charge in [0, 0.05) is 30.9 Å². The van der Waals surface area contributed by atoms with Crippen LogP contribution < -0.4 is 15.0 Å². The Morgan fingerprint density at radius 1 is 1.14 bits per heavy atom. The van der Waals surface area contributed by atoms with Crippen LogP contribution in [0.1, 0.15) is 6.42 Å². The van der Waals surface area contributed by atoms with Crippen molar-refractivity contribution >= 4 is 16.9 Å². The second-order valence-electron chi connectivity index (χ2n) is 7.92. The van der Waals surface area contributed by atoms with Gasteiger partial charge in [-0.3, -0.25) is 9.67 Å². The fourth-order valence-corrected chi connectivity index (χ4v) is 3.60. The first kappa shape index (κ1) is 25.1. The first-order valence-corrected chi connectivity index (χ1v) is 10.6. The van der Waals surface area contributed by atoms with E-state index in [1.54, 1.807) is 30.2 Å². The van der Waals surface area contributed by atoms with E-state index >= 15 is 0 Å². The maximum absolute atomic E-state index is 15.0. The fourth-order valence-electron chi connectivity index (χ4n) is 3.60. The van der Waals surface area contributed by atoms with E-state index in [9.17, 15) is 22.7 Å². The SMILES string of the molecule is COc1cc(N=c2ccc3ncc(-c4cnn(C)c4)nc3n2CC(O)CC(F)(F)F)c(F)c(OC)c1. The highest BCUT2D eigenvalue weighted by atomic mass is 19.4. The molecular formula is C23H22F4N6O3. The minimum atomic E-state index is -4.60. The van der Waals surface area contributed by atoms with Crippen LogP contribution in [0.5, 0.6) is 11.5 Å². The summed E-state index contributed by atoms with van der Waals surface area (Å²) in [5.41, 5.74) is 1.37. The molecule has 190 valence electrons. The van der Waals surface area contributed by atoms with Crippen molar-refractivity contribution in [3.8, 4) is 22.8 Å². The van der Waals surface area contributed by atoms with Crippen LogP contribution in [0.25, 0.3) is 22.4 Å². The number of halogens is 4. The lowest BCUT2D eigenvalue weighted by Gasteiger charge is -2.17. The fraction of sp³-hybridized carbons (Fsp3) is 0.304. The molecule has 4 rings (SSSR count). The third-order valence-corrected chi connectivity index (χ3v) is 5.25. The molecule has 0 saturated heterocycles. The maximum atomic E-state index is 15.0. The van der Waals surface area contributed by atoms with Crippen LogP contribution >= 0.6 is 0 Å². The first-order chi connectivity index (χ1) is 17.1. The molecule has 0 bridgehead atoms. The molecule has 1 atom stereocenters. The normalized spacial score (nSPS) is 13.3. The zero-order chi connectivity index (χ0) is 26.0. The molecule has 0 amide bonds. The number of aliphatic hydroxyl groups excluding tert-OH is 1. The van der Waals surface area contributed by atoms with Crippen molar-refractivity contribution in [2.45, 2.75) is 25.2 Å². The molecule has 0 fully saturated rings. The lowest BCUT2D eigenvalue weighted by molar-refractivity contribution is -0.154. The Bertz CT molecular complexity index is 1460. The van der Waals surface area contributed by atoms with E-state index in [1.165, 1.54) is 43.2 Å². The molecule has 0 aliphatic carbocycles. The summed E-state index contributed by atoms with van der Waals surface area (Å²) in [7, 11) is 4.39. The van der Waals surface area contributed by atoms with Gasteiger partial charge in [0.25, 0.3) is 0 Å². The van der Waals surface area contributed by atoms with Crippen molar-refractivity contribution in [1.82, 2.24) is 24.3 Å². The summed E-state index contributed by atoms with van der Waals surface area (Å²) >= 11 is 0. The standard InChI is InChI=1S/C23H22F4N6O3/c1-32-11-13(9-29-32)18-10-28-16-4-5-20(30-17-6-15(35-2)7-19(36-3)21(17)24)33(22(16)31-18)12-14(34)8-23(25,26)27/h4-7,9-11,14,34H,8,12H2,1-3H3. The number of methoxy groups -OCH3 is 2. The molecule has 3 heterocycles. The van der Waals surface area contributed by atoms with E-state index in [4.69, 9.17) is 9.47 Å². The van der Waals surface area contributed by atoms with E-state index in [-0.39, 0.29) is 28.3 Å². The van der Waals surface area contributed by atoms with Gasteiger partial charge in [0.1, 0.15) is 22.4 Å². The number of rotatable bonds is 7. The summed E-state index contributed by atoms with van der Waals surface area (Å²) in [5, 5.41) is 14.3. The molecule has 1 aromatic carbocycles. The summed E-state index contributed by atoms with van der Waals surface area (Å²) in [5.74, 6) is -0.665. The van der Waals surface area contributed by atoms with Crippen molar-refractivity contribution < 1.29 is 32.1 Å². The van der Waals surface area contributed by atoms with Gasteiger partial charge in [-0.05, 0) is 12.1 Å². The summed E-state index contributed by atoms with van der Waals surface area (Å²) in [6.07, 6.45) is -3.11. The molecule has 0 aliphatic rings. The van der Waals surface area contributed by atoms with Gasteiger partial charge in [-0.25, -0.2) is 14.4 Å². The zero-order valence-corrected chi connectivity index (χ0v) is 19.5. The summed E-state index contributed by atoms with van der Waals surface area (Å²) in [6, 6.07) is 5.65. The summed E-state index contributed by atoms with van der Waals surface area (Å²) in [4.78, 5) is 13.2. The van der Waals surface area contributed by atoms with Crippen molar-refractivity contribution in [2.75, 3.05) is 14.2 Å². The minimum absolute atomic E-state index is 0.0376. The number of aryl methyl sites for hydroxylation is 1. The second kappa shape index (κ2) is 9.93. The monoisotopic (exact) mass is 506 g/mol. The third-order valence-electron chi connectivity index (χ3n) is 5.25. The van der Waals surface area contributed by atoms with E-state index in [2.05, 4.69) is 20.1 Å². The van der Waals surface area contributed by atoms with Gasteiger partial charge in [0.05, 0.1) is 51.4 Å². The maximum Gasteiger partial charge on any atom is 0.391 e. The molecule has 9 nitrogen and oxygen atoms in total. The first-order valence-electron chi connectivity index (χ1n) is 10.6. The van der Waals surface area contributed by atoms with Crippen molar-refractivity contribution in [2.24, 2.45) is 12.0 Å². The summed E-state index contributed by atoms with van der Waals surface area (Å²) < 4.78 is 66.9. The lowest BCUT2D eigenvalue weighted by atomic mass is 10.2. The van der Waals surface area contributed by atoms with E-state index in [0.717, 1.165) is 0 Å². The highest BCUT2D eigenvalue weighted by Gasteiger charge is 2.31. The Kier molecular flexibility index (Phi) is 6.93. The Balaban J connectivity index is 1.95. The van der Waals surface area contributed by atoms with Gasteiger partial charge in [0.15, 0.2) is 17.2 Å². The number of alkyl halides is 3. The molecule has 0 radical (unpaired) electrons. The second-order valence-corrected chi connectivity index (χ2v) is 7.92. The molecule has 0 spiro atoms. The van der Waals surface area contributed by atoms with Crippen molar-refractivity contribution in [3.05, 3.63) is 54.2 Å². The predicted octanol–water partition coefficient (Wildman–Crippen LogP) is 3.53. The molecule has 36 heavy (non-hydrogen) atoms. The molecule has 1 unspecified atom stereocenters. The molecule has 4 aromatic rings. The van der Waals surface area contributed by atoms with Crippen LogP contribution in [0, 0.1) is 5.82 Å². The Hall–Kier alpha value is -4.00. The van der Waals surface area contributed by atoms with Gasteiger partial charge in [-0.2, -0.15) is 18.3 Å². The average molecular weight is 506 g/mol. The molecular weight excluding hydrogens is 484 g/mol. The van der Waals surface area contributed by atoms with E-state index in [1.807, 2.05) is 0 Å². The number of ether oxygens (including phenoxy) is 2. The number of hydrogen-bond acceptors (Lipinski definition) is 7. The predicted molar refractivity (Wildman–Crippen MR) is 121 cm³/mol. The van der Waals surface area contributed by atoms with E-state index in [0.29, 0.717) is 16.8 Å². The van der Waals surface area contributed by atoms with Crippen LogP contribution in [0.15, 0.2) is 47.8 Å². The topological polar surface area (TPSA) is 99.6 Å². The zero-order valence-electron chi connectivity index (χ0n) is 19.5. The molecule has 1 N–H and O–H groups in total. The molecule has 0 aliphatic heterocycles. The quantitative estimate of drug-likeness (QED) is 0.385. The number of nitrogens with zero attached hydrogens (tertiary/aromatic N) is 6. The van der Waals surface area contributed by atoms with Crippen LogP contribution in [-0.2, 0) is 13.6 Å². The third kappa shape index (κ3) is 5.46. The summed E-state index contributed by atoms with van der Waals surface area (Å²) in [6.45, 7) is -0.524. The number of hydrogen-bond donors (Lipinski definition) is 1. The Morgan fingerprint density at radius 3 is 2.56 bits per heavy atom. The van der Waals surface area contributed by atoms with Gasteiger partial charge in [-0.1, -0.05) is 0 Å².